The molecule has 182 valence electrons. The molecule has 0 bridgehead atoms. The van der Waals surface area contributed by atoms with Crippen LogP contribution in [0, 0.1) is 5.92 Å². The molecule has 1 saturated carbocycles. The van der Waals surface area contributed by atoms with Gasteiger partial charge < -0.3 is 30.2 Å². The molecule has 0 unspecified atom stereocenters. The average molecular weight is 465 g/mol. The number of anilines is 1. The second-order valence-corrected chi connectivity index (χ2v) is 9.10. The van der Waals surface area contributed by atoms with Gasteiger partial charge in [-0.05, 0) is 69.0 Å². The molecular weight excluding hydrogens is 428 g/mol. The highest BCUT2D eigenvalue weighted by atomic mass is 16.4. The van der Waals surface area contributed by atoms with Crippen molar-refractivity contribution in [2.45, 2.75) is 32.2 Å². The van der Waals surface area contributed by atoms with Crippen molar-refractivity contribution in [1.29, 1.82) is 0 Å². The topological polar surface area (TPSA) is 99.1 Å². The Hall–Kier alpha value is -3.10. The average Bonchev–Trinajstić information content (AvgIpc) is 3.21. The normalized spacial score (nSPS) is 16.2. The predicted molar refractivity (Wildman–Crippen MR) is 138 cm³/mol. The van der Waals surface area contributed by atoms with Crippen LogP contribution in [0.3, 0.4) is 0 Å². The van der Waals surface area contributed by atoms with Crippen molar-refractivity contribution in [2.75, 3.05) is 39.2 Å². The second kappa shape index (κ2) is 10.9. The number of primary amides is 1. The molecule has 1 saturated heterocycles. The Bertz CT molecular complexity index is 1160. The fourth-order valence-electron chi connectivity index (χ4n) is 4.38. The Balaban J connectivity index is 0.000000295. The zero-order valence-electron chi connectivity index (χ0n) is 20.4. The van der Waals surface area contributed by atoms with E-state index in [0.717, 1.165) is 41.6 Å². The van der Waals surface area contributed by atoms with E-state index in [9.17, 15) is 4.79 Å². The summed E-state index contributed by atoms with van der Waals surface area (Å²) in [5.74, 6) is 2.42. The minimum atomic E-state index is -0.430. The molecule has 0 radical (unpaired) electrons. The van der Waals surface area contributed by atoms with Crippen molar-refractivity contribution in [2.24, 2.45) is 18.7 Å². The predicted octanol–water partition coefficient (Wildman–Crippen LogP) is 3.62. The molecule has 1 aromatic carbocycles. The van der Waals surface area contributed by atoms with Crippen LogP contribution in [0.15, 0.2) is 30.3 Å². The van der Waals surface area contributed by atoms with Gasteiger partial charge in [0, 0.05) is 45.5 Å². The Morgan fingerprint density at radius 2 is 1.94 bits per heavy atom. The maximum Gasteiger partial charge on any atom is 0.248 e. The molecule has 2 aliphatic heterocycles. The van der Waals surface area contributed by atoms with Gasteiger partial charge in [0.1, 0.15) is 5.82 Å². The van der Waals surface area contributed by atoms with Crippen LogP contribution in [-0.2, 0) is 18.3 Å². The van der Waals surface area contributed by atoms with E-state index in [0.29, 0.717) is 5.56 Å². The zero-order valence-corrected chi connectivity index (χ0v) is 20.4. The summed E-state index contributed by atoms with van der Waals surface area (Å²) in [6, 6.07) is 7.65. The number of benzene rings is 1. The van der Waals surface area contributed by atoms with Crippen LogP contribution in [0.25, 0.3) is 28.6 Å². The second-order valence-electron chi connectivity index (χ2n) is 9.10. The Morgan fingerprint density at radius 1 is 1.21 bits per heavy atom. The monoisotopic (exact) mass is 464 g/mol. The standard InChI is InChI=1S/C20H21N5O.C4H9N.C2H6O/c1-24-16-7-6-13(18(21)26)9-15(16)23-20(24)17-10-14-3-2-8-22-19(14)25(17)11-12-4-5-12;1-2-4-5-3-1;1-3-2/h2-3,6-7,9-10,12,22H,4-5,8,11H2,1H3,(H2,21,26);5H,1-4H2;1-2H3. The van der Waals surface area contributed by atoms with E-state index in [2.05, 4.69) is 42.7 Å². The van der Waals surface area contributed by atoms with E-state index in [-0.39, 0.29) is 0 Å². The number of hydrogen-bond donors (Lipinski definition) is 3. The molecule has 1 aliphatic carbocycles. The minimum absolute atomic E-state index is 0.430. The van der Waals surface area contributed by atoms with E-state index < -0.39 is 5.91 Å². The van der Waals surface area contributed by atoms with Crippen molar-refractivity contribution in [3.63, 3.8) is 0 Å². The quantitative estimate of drug-likeness (QED) is 0.548. The van der Waals surface area contributed by atoms with Crippen LogP contribution in [-0.4, -0.2) is 53.9 Å². The van der Waals surface area contributed by atoms with Crippen molar-refractivity contribution in [3.8, 4) is 11.5 Å². The van der Waals surface area contributed by atoms with Crippen molar-refractivity contribution >= 4 is 28.8 Å². The zero-order chi connectivity index (χ0) is 24.1. The largest absolute Gasteiger partial charge is 0.388 e. The third kappa shape index (κ3) is 5.34. The number of carbonyl (C=O) groups excluding carboxylic acids is 1. The number of amides is 1. The third-order valence-electron chi connectivity index (χ3n) is 6.30. The van der Waals surface area contributed by atoms with Crippen molar-refractivity contribution in [1.82, 2.24) is 19.4 Å². The van der Waals surface area contributed by atoms with E-state index in [1.165, 1.54) is 50.2 Å². The van der Waals surface area contributed by atoms with E-state index in [1.54, 1.807) is 26.4 Å². The van der Waals surface area contributed by atoms with Gasteiger partial charge in [-0.15, -0.1) is 0 Å². The van der Waals surface area contributed by atoms with Crippen LogP contribution in [0.2, 0.25) is 0 Å². The number of nitrogens with two attached hydrogens (primary N) is 1. The number of nitrogens with zero attached hydrogens (tertiary/aromatic N) is 3. The van der Waals surface area contributed by atoms with Crippen LogP contribution in [0.4, 0.5) is 5.82 Å². The summed E-state index contributed by atoms with van der Waals surface area (Å²) in [6.45, 7) is 4.37. The lowest BCUT2D eigenvalue weighted by Crippen LogP contribution is -2.12. The first-order valence-corrected chi connectivity index (χ1v) is 12.0. The molecule has 0 atom stereocenters. The van der Waals surface area contributed by atoms with Crippen LogP contribution in [0.1, 0.15) is 41.6 Å². The Kier molecular flexibility index (Phi) is 7.70. The highest BCUT2D eigenvalue weighted by Crippen LogP contribution is 2.38. The maximum atomic E-state index is 11.5. The first kappa shape index (κ1) is 24.0. The lowest BCUT2D eigenvalue weighted by atomic mass is 10.2. The Morgan fingerprint density at radius 3 is 2.56 bits per heavy atom. The molecule has 2 fully saturated rings. The number of aromatic nitrogens is 3. The fraction of sp³-hybridized carbons (Fsp3) is 0.462. The number of aryl methyl sites for hydroxylation is 1. The first-order valence-electron chi connectivity index (χ1n) is 12.0. The summed E-state index contributed by atoms with van der Waals surface area (Å²) in [5.41, 5.74) is 10.0. The number of rotatable bonds is 4. The van der Waals surface area contributed by atoms with Crippen molar-refractivity contribution < 1.29 is 9.53 Å². The number of ether oxygens (including phenoxy) is 1. The number of nitrogens with one attached hydrogen (secondary N) is 2. The maximum absolute atomic E-state index is 11.5. The molecule has 1 amide bonds. The van der Waals surface area contributed by atoms with Gasteiger partial charge in [-0.25, -0.2) is 4.98 Å². The molecule has 8 nitrogen and oxygen atoms in total. The summed E-state index contributed by atoms with van der Waals surface area (Å²) < 4.78 is 8.71. The van der Waals surface area contributed by atoms with E-state index >= 15 is 0 Å². The van der Waals surface area contributed by atoms with Crippen LogP contribution < -0.4 is 16.4 Å². The van der Waals surface area contributed by atoms with Gasteiger partial charge in [-0.3, -0.25) is 4.79 Å². The van der Waals surface area contributed by atoms with E-state index in [4.69, 9.17) is 10.7 Å². The SMILES string of the molecule is C1CCNC1.COC.Cn1c(-c2cc3c(n2CC2CC2)NCC=C3)nc2cc(C(N)=O)ccc21. The number of carbonyl (C=O) groups is 1. The van der Waals surface area contributed by atoms with Crippen LogP contribution >= 0.6 is 0 Å². The number of fused-ring (bicyclic) bond motifs is 2. The van der Waals surface area contributed by atoms with Gasteiger partial charge in [-0.2, -0.15) is 0 Å². The lowest BCUT2D eigenvalue weighted by Gasteiger charge is -2.16. The molecule has 3 aliphatic rings. The summed E-state index contributed by atoms with van der Waals surface area (Å²) in [5, 5.41) is 6.73. The molecule has 6 rings (SSSR count). The van der Waals surface area contributed by atoms with Gasteiger partial charge in [0.05, 0.1) is 16.7 Å². The lowest BCUT2D eigenvalue weighted by molar-refractivity contribution is 0.100. The van der Waals surface area contributed by atoms with Gasteiger partial charge in [0.25, 0.3) is 0 Å². The molecule has 34 heavy (non-hydrogen) atoms. The molecule has 8 heteroatoms. The van der Waals surface area contributed by atoms with E-state index in [1.807, 2.05) is 13.1 Å². The third-order valence-corrected chi connectivity index (χ3v) is 6.30. The first-order chi connectivity index (χ1) is 16.5. The number of hydrogen-bond acceptors (Lipinski definition) is 5. The summed E-state index contributed by atoms with van der Waals surface area (Å²) in [6.07, 6.45) is 9.69. The van der Waals surface area contributed by atoms with Gasteiger partial charge >= 0.3 is 0 Å². The molecule has 4 N–H and O–H groups in total. The van der Waals surface area contributed by atoms with Gasteiger partial charge in [0.2, 0.25) is 5.91 Å². The molecule has 0 spiro atoms. The molecular formula is C26H36N6O2. The highest BCUT2D eigenvalue weighted by molar-refractivity contribution is 5.96. The Labute approximate surface area is 201 Å². The highest BCUT2D eigenvalue weighted by Gasteiger charge is 2.27. The number of imidazole rings is 1. The van der Waals surface area contributed by atoms with Crippen LogP contribution in [0.5, 0.6) is 0 Å². The minimum Gasteiger partial charge on any atom is -0.388 e. The molecule has 4 heterocycles. The smallest absolute Gasteiger partial charge is 0.248 e. The number of methoxy groups -OCH3 is 1. The summed E-state index contributed by atoms with van der Waals surface area (Å²) in [7, 11) is 5.27. The molecule has 3 aromatic rings. The van der Waals surface area contributed by atoms with Gasteiger partial charge in [-0.1, -0.05) is 12.2 Å². The fourth-order valence-corrected chi connectivity index (χ4v) is 4.38. The summed E-state index contributed by atoms with van der Waals surface area (Å²) >= 11 is 0. The summed E-state index contributed by atoms with van der Waals surface area (Å²) in [4.78, 5) is 16.3. The van der Waals surface area contributed by atoms with Crippen molar-refractivity contribution in [3.05, 3.63) is 41.5 Å². The van der Waals surface area contributed by atoms with Gasteiger partial charge in [0.15, 0.2) is 5.82 Å². The molecule has 2 aromatic heterocycles.